The van der Waals surface area contributed by atoms with Gasteiger partial charge in [0.1, 0.15) is 5.75 Å². The molecular weight excluding hydrogens is 238 g/mol. The molecule has 0 heterocycles. The highest BCUT2D eigenvalue weighted by Crippen LogP contribution is 2.44. The van der Waals surface area contributed by atoms with E-state index in [2.05, 4.69) is 30.4 Å². The molecule has 0 atom stereocenters. The number of ether oxygens (including phenoxy) is 1. The number of methoxy groups -OCH3 is 1. The van der Waals surface area contributed by atoms with E-state index in [1.54, 1.807) is 7.11 Å². The quantitative estimate of drug-likeness (QED) is 0.706. The van der Waals surface area contributed by atoms with Crippen molar-refractivity contribution < 1.29 is 9.84 Å². The van der Waals surface area contributed by atoms with E-state index >= 15 is 0 Å². The largest absolute Gasteiger partial charge is 0.496 e. The zero-order chi connectivity index (χ0) is 13.7. The molecule has 1 aliphatic carbocycles. The molecule has 0 aromatic heterocycles. The summed E-state index contributed by atoms with van der Waals surface area (Å²) < 4.78 is 5.34. The summed E-state index contributed by atoms with van der Waals surface area (Å²) in [5.41, 5.74) is 2.82. The summed E-state index contributed by atoms with van der Waals surface area (Å²) in [6.45, 7) is 4.39. The molecule has 3 heteroatoms. The summed E-state index contributed by atoms with van der Waals surface area (Å²) in [6.07, 6.45) is 4.36. The Morgan fingerprint density at radius 2 is 2.16 bits per heavy atom. The Kier molecular flexibility index (Phi) is 4.83. The standard InChI is InChI=1S/C16H25NO2/c1-3-14-10-13(4-5-15(14)19-2)6-9-17-11-16(12-18)7-8-16/h4-5,10,17-18H,3,6-9,11-12H2,1-2H3. The van der Waals surface area contributed by atoms with Crippen LogP contribution in [0.2, 0.25) is 0 Å². The highest BCUT2D eigenvalue weighted by molar-refractivity contribution is 5.37. The number of benzene rings is 1. The molecule has 0 amide bonds. The first-order valence-electron chi connectivity index (χ1n) is 7.20. The van der Waals surface area contributed by atoms with Gasteiger partial charge in [-0.05, 0) is 49.4 Å². The van der Waals surface area contributed by atoms with Crippen LogP contribution in [0.25, 0.3) is 0 Å². The van der Waals surface area contributed by atoms with E-state index in [4.69, 9.17) is 4.74 Å². The predicted molar refractivity (Wildman–Crippen MR) is 77.7 cm³/mol. The Hall–Kier alpha value is -1.06. The minimum absolute atomic E-state index is 0.203. The van der Waals surface area contributed by atoms with Crippen LogP contribution in [0.4, 0.5) is 0 Å². The smallest absolute Gasteiger partial charge is 0.122 e. The Labute approximate surface area is 116 Å². The van der Waals surface area contributed by atoms with Crippen LogP contribution in [-0.2, 0) is 12.8 Å². The Morgan fingerprint density at radius 1 is 1.37 bits per heavy atom. The number of nitrogens with one attached hydrogen (secondary N) is 1. The lowest BCUT2D eigenvalue weighted by atomic mass is 10.0. The summed E-state index contributed by atoms with van der Waals surface area (Å²) >= 11 is 0. The fourth-order valence-electron chi connectivity index (χ4n) is 2.42. The average molecular weight is 263 g/mol. The molecule has 106 valence electrons. The molecule has 19 heavy (non-hydrogen) atoms. The molecule has 1 saturated carbocycles. The molecule has 2 rings (SSSR count). The summed E-state index contributed by atoms with van der Waals surface area (Å²) in [5.74, 6) is 0.983. The molecule has 3 nitrogen and oxygen atoms in total. The fraction of sp³-hybridized carbons (Fsp3) is 0.625. The lowest BCUT2D eigenvalue weighted by molar-refractivity contribution is 0.208. The van der Waals surface area contributed by atoms with Crippen molar-refractivity contribution in [3.05, 3.63) is 29.3 Å². The Morgan fingerprint density at radius 3 is 2.74 bits per heavy atom. The van der Waals surface area contributed by atoms with Gasteiger partial charge in [-0.3, -0.25) is 0 Å². The van der Waals surface area contributed by atoms with Crippen LogP contribution in [0, 0.1) is 5.41 Å². The third-order valence-corrected chi connectivity index (χ3v) is 4.11. The maximum absolute atomic E-state index is 9.24. The third kappa shape index (κ3) is 3.71. The highest BCUT2D eigenvalue weighted by Gasteiger charge is 2.41. The van der Waals surface area contributed by atoms with E-state index in [0.717, 1.165) is 31.7 Å². The van der Waals surface area contributed by atoms with Crippen molar-refractivity contribution >= 4 is 0 Å². The van der Waals surface area contributed by atoms with Gasteiger partial charge in [0.05, 0.1) is 7.11 Å². The maximum atomic E-state index is 9.24. The monoisotopic (exact) mass is 263 g/mol. The van der Waals surface area contributed by atoms with Crippen molar-refractivity contribution in [3.8, 4) is 5.75 Å². The summed E-state index contributed by atoms with van der Waals surface area (Å²) in [7, 11) is 1.72. The van der Waals surface area contributed by atoms with Gasteiger partial charge in [-0.25, -0.2) is 0 Å². The number of aliphatic hydroxyl groups is 1. The second-order valence-corrected chi connectivity index (χ2v) is 5.58. The first-order chi connectivity index (χ1) is 9.23. The average Bonchev–Trinajstić information content (AvgIpc) is 3.24. The summed E-state index contributed by atoms with van der Waals surface area (Å²) in [5, 5.41) is 12.7. The zero-order valence-corrected chi connectivity index (χ0v) is 12.0. The lowest BCUT2D eigenvalue weighted by Gasteiger charge is -2.13. The van der Waals surface area contributed by atoms with E-state index < -0.39 is 0 Å². The van der Waals surface area contributed by atoms with Crippen molar-refractivity contribution in [1.29, 1.82) is 0 Å². The van der Waals surface area contributed by atoms with Crippen LogP contribution in [0.3, 0.4) is 0 Å². The van der Waals surface area contributed by atoms with Gasteiger partial charge in [-0.1, -0.05) is 19.1 Å². The molecule has 0 aliphatic heterocycles. The third-order valence-electron chi connectivity index (χ3n) is 4.11. The summed E-state index contributed by atoms with van der Waals surface area (Å²) in [6, 6.07) is 6.43. The molecule has 0 spiro atoms. The number of hydrogen-bond acceptors (Lipinski definition) is 3. The second-order valence-electron chi connectivity index (χ2n) is 5.58. The minimum Gasteiger partial charge on any atom is -0.496 e. The summed E-state index contributed by atoms with van der Waals surface area (Å²) in [4.78, 5) is 0. The van der Waals surface area contributed by atoms with Gasteiger partial charge in [-0.2, -0.15) is 0 Å². The minimum atomic E-state index is 0.203. The Balaban J connectivity index is 1.79. The van der Waals surface area contributed by atoms with Gasteiger partial charge in [0.15, 0.2) is 0 Å². The molecular formula is C16H25NO2. The first kappa shape index (κ1) is 14.4. The first-order valence-corrected chi connectivity index (χ1v) is 7.20. The molecule has 1 aliphatic rings. The fourth-order valence-corrected chi connectivity index (χ4v) is 2.42. The van der Waals surface area contributed by atoms with Crippen LogP contribution in [0.1, 0.15) is 30.9 Å². The highest BCUT2D eigenvalue weighted by atomic mass is 16.5. The van der Waals surface area contributed by atoms with E-state index in [0.29, 0.717) is 6.61 Å². The van der Waals surface area contributed by atoms with E-state index in [1.807, 2.05) is 0 Å². The van der Waals surface area contributed by atoms with Gasteiger partial charge in [0, 0.05) is 18.6 Å². The van der Waals surface area contributed by atoms with Crippen LogP contribution < -0.4 is 10.1 Å². The molecule has 0 radical (unpaired) electrons. The van der Waals surface area contributed by atoms with Crippen molar-refractivity contribution in [3.63, 3.8) is 0 Å². The molecule has 0 saturated heterocycles. The maximum Gasteiger partial charge on any atom is 0.122 e. The number of hydrogen-bond donors (Lipinski definition) is 2. The van der Waals surface area contributed by atoms with E-state index in [9.17, 15) is 5.11 Å². The van der Waals surface area contributed by atoms with Crippen LogP contribution in [-0.4, -0.2) is 31.9 Å². The van der Waals surface area contributed by atoms with Crippen molar-refractivity contribution in [2.24, 2.45) is 5.41 Å². The van der Waals surface area contributed by atoms with Crippen LogP contribution >= 0.6 is 0 Å². The van der Waals surface area contributed by atoms with E-state index in [1.165, 1.54) is 24.0 Å². The van der Waals surface area contributed by atoms with Gasteiger partial charge < -0.3 is 15.2 Å². The van der Waals surface area contributed by atoms with Crippen molar-refractivity contribution in [1.82, 2.24) is 5.32 Å². The molecule has 1 aromatic carbocycles. The number of aryl methyl sites for hydroxylation is 1. The van der Waals surface area contributed by atoms with E-state index in [-0.39, 0.29) is 5.41 Å². The van der Waals surface area contributed by atoms with Crippen molar-refractivity contribution in [2.75, 3.05) is 26.8 Å². The lowest BCUT2D eigenvalue weighted by Crippen LogP contribution is -2.28. The van der Waals surface area contributed by atoms with Crippen molar-refractivity contribution in [2.45, 2.75) is 32.6 Å². The normalized spacial score (nSPS) is 16.4. The molecule has 1 fully saturated rings. The predicted octanol–water partition coefficient (Wildman–Crippen LogP) is 2.16. The van der Waals surface area contributed by atoms with Gasteiger partial charge in [0.2, 0.25) is 0 Å². The number of aliphatic hydroxyl groups excluding tert-OH is 1. The topological polar surface area (TPSA) is 41.5 Å². The van der Waals surface area contributed by atoms with Crippen LogP contribution in [0.15, 0.2) is 18.2 Å². The SMILES string of the molecule is CCc1cc(CCNCC2(CO)CC2)ccc1OC. The molecule has 0 unspecified atom stereocenters. The molecule has 1 aromatic rings. The zero-order valence-electron chi connectivity index (χ0n) is 12.0. The van der Waals surface area contributed by atoms with Gasteiger partial charge >= 0.3 is 0 Å². The number of rotatable bonds is 8. The molecule has 2 N–H and O–H groups in total. The van der Waals surface area contributed by atoms with Gasteiger partial charge in [-0.15, -0.1) is 0 Å². The Bertz CT molecular complexity index is 413. The molecule has 0 bridgehead atoms. The van der Waals surface area contributed by atoms with Crippen LogP contribution in [0.5, 0.6) is 5.75 Å². The second kappa shape index (κ2) is 6.40. The van der Waals surface area contributed by atoms with Gasteiger partial charge in [0.25, 0.3) is 0 Å².